The Morgan fingerprint density at radius 1 is 1.05 bits per heavy atom. The fourth-order valence-electron chi connectivity index (χ4n) is 3.51. The van der Waals surface area contributed by atoms with Crippen LogP contribution in [0.15, 0.2) is 0 Å². The number of aliphatic hydroxyl groups is 1. The van der Waals surface area contributed by atoms with Crippen molar-refractivity contribution in [2.24, 2.45) is 5.92 Å². The van der Waals surface area contributed by atoms with Crippen LogP contribution in [-0.2, 0) is 4.79 Å². The number of nitrogens with zero attached hydrogens (tertiary/aromatic N) is 2. The van der Waals surface area contributed by atoms with E-state index in [-0.39, 0.29) is 24.0 Å². The van der Waals surface area contributed by atoms with Gasteiger partial charge in [-0.1, -0.05) is 12.8 Å². The van der Waals surface area contributed by atoms with Gasteiger partial charge in [-0.25, -0.2) is 0 Å². The lowest BCUT2D eigenvalue weighted by Crippen LogP contribution is -2.51. The molecule has 116 valence electrons. The van der Waals surface area contributed by atoms with Gasteiger partial charge in [0, 0.05) is 19.0 Å². The van der Waals surface area contributed by atoms with Crippen molar-refractivity contribution in [1.82, 2.24) is 9.80 Å². The molecule has 0 aliphatic carbocycles. The highest BCUT2D eigenvalue weighted by molar-refractivity contribution is 5.81. The van der Waals surface area contributed by atoms with Crippen molar-refractivity contribution in [1.29, 1.82) is 0 Å². The highest BCUT2D eigenvalue weighted by Gasteiger charge is 2.31. The van der Waals surface area contributed by atoms with E-state index in [9.17, 15) is 9.90 Å². The fraction of sp³-hybridized carbons (Fsp3) is 0.938. The van der Waals surface area contributed by atoms with Crippen LogP contribution in [-0.4, -0.2) is 59.1 Å². The molecule has 0 aromatic rings. The normalized spacial score (nSPS) is 28.8. The molecule has 0 aromatic heterocycles. The molecule has 20 heavy (non-hydrogen) atoms. The number of piperidine rings is 1. The standard InChI is InChI=1S/C16H30N2O2/c1-13(17-9-5-3-4-6-10-17)16(20)18-11-7-8-15(12-18)14(2)19/h13-15,19H,3-12H2,1-2H3. The average Bonchev–Trinajstić information content (AvgIpc) is 2.75. The molecule has 2 saturated heterocycles. The second kappa shape index (κ2) is 7.41. The smallest absolute Gasteiger partial charge is 0.239 e. The van der Waals surface area contributed by atoms with Gasteiger partial charge >= 0.3 is 0 Å². The molecule has 0 radical (unpaired) electrons. The number of likely N-dealkylation sites (tertiary alicyclic amines) is 2. The van der Waals surface area contributed by atoms with Crippen LogP contribution in [0.2, 0.25) is 0 Å². The Morgan fingerprint density at radius 3 is 2.30 bits per heavy atom. The van der Waals surface area contributed by atoms with Gasteiger partial charge in [-0.05, 0) is 52.6 Å². The van der Waals surface area contributed by atoms with Gasteiger partial charge in [0.15, 0.2) is 0 Å². The third-order valence-electron chi connectivity index (χ3n) is 5.00. The molecule has 2 aliphatic rings. The van der Waals surface area contributed by atoms with E-state index in [2.05, 4.69) is 11.8 Å². The molecule has 3 unspecified atom stereocenters. The van der Waals surface area contributed by atoms with Gasteiger partial charge in [-0.3, -0.25) is 9.69 Å². The van der Waals surface area contributed by atoms with Crippen molar-refractivity contribution in [3.63, 3.8) is 0 Å². The minimum Gasteiger partial charge on any atom is -0.393 e. The monoisotopic (exact) mass is 282 g/mol. The van der Waals surface area contributed by atoms with Gasteiger partial charge < -0.3 is 10.0 Å². The zero-order chi connectivity index (χ0) is 14.5. The summed E-state index contributed by atoms with van der Waals surface area (Å²) in [5, 5.41) is 9.75. The van der Waals surface area contributed by atoms with E-state index in [1.165, 1.54) is 25.7 Å². The fourth-order valence-corrected chi connectivity index (χ4v) is 3.51. The Hall–Kier alpha value is -0.610. The molecule has 1 N–H and O–H groups in total. The maximum Gasteiger partial charge on any atom is 0.239 e. The van der Waals surface area contributed by atoms with Crippen LogP contribution in [0.3, 0.4) is 0 Å². The number of aliphatic hydroxyl groups excluding tert-OH is 1. The Balaban J connectivity index is 1.91. The highest BCUT2D eigenvalue weighted by atomic mass is 16.3. The topological polar surface area (TPSA) is 43.8 Å². The number of amides is 1. The number of carbonyl (C=O) groups is 1. The maximum atomic E-state index is 12.7. The first-order valence-electron chi connectivity index (χ1n) is 8.30. The Bertz CT molecular complexity index is 308. The van der Waals surface area contributed by atoms with Gasteiger partial charge in [-0.15, -0.1) is 0 Å². The van der Waals surface area contributed by atoms with Crippen LogP contribution >= 0.6 is 0 Å². The van der Waals surface area contributed by atoms with E-state index >= 15 is 0 Å². The summed E-state index contributed by atoms with van der Waals surface area (Å²) < 4.78 is 0. The van der Waals surface area contributed by atoms with Gasteiger partial charge in [-0.2, -0.15) is 0 Å². The third-order valence-corrected chi connectivity index (χ3v) is 5.00. The lowest BCUT2D eigenvalue weighted by Gasteiger charge is -2.37. The second-order valence-corrected chi connectivity index (χ2v) is 6.55. The first-order valence-corrected chi connectivity index (χ1v) is 8.30. The van der Waals surface area contributed by atoms with Crippen LogP contribution < -0.4 is 0 Å². The molecule has 2 heterocycles. The first-order chi connectivity index (χ1) is 9.59. The van der Waals surface area contributed by atoms with E-state index in [0.29, 0.717) is 0 Å². The quantitative estimate of drug-likeness (QED) is 0.859. The zero-order valence-corrected chi connectivity index (χ0v) is 13.1. The number of hydrogen-bond acceptors (Lipinski definition) is 3. The Kier molecular flexibility index (Phi) is 5.85. The predicted octanol–water partition coefficient (Wildman–Crippen LogP) is 1.87. The van der Waals surface area contributed by atoms with Crippen molar-refractivity contribution >= 4 is 5.91 Å². The highest BCUT2D eigenvalue weighted by Crippen LogP contribution is 2.21. The van der Waals surface area contributed by atoms with E-state index in [0.717, 1.165) is 39.0 Å². The predicted molar refractivity (Wildman–Crippen MR) is 80.5 cm³/mol. The van der Waals surface area contributed by atoms with Gasteiger partial charge in [0.1, 0.15) is 0 Å². The van der Waals surface area contributed by atoms with Crippen molar-refractivity contribution in [3.05, 3.63) is 0 Å². The van der Waals surface area contributed by atoms with Crippen molar-refractivity contribution in [2.45, 2.75) is 64.5 Å². The number of hydrogen-bond donors (Lipinski definition) is 1. The van der Waals surface area contributed by atoms with Crippen molar-refractivity contribution < 1.29 is 9.90 Å². The summed E-state index contributed by atoms with van der Waals surface area (Å²) in [7, 11) is 0. The summed E-state index contributed by atoms with van der Waals surface area (Å²) in [6, 6.07) is 0.000786. The maximum absolute atomic E-state index is 12.7. The molecule has 0 spiro atoms. The molecule has 0 bridgehead atoms. The molecule has 0 saturated carbocycles. The van der Waals surface area contributed by atoms with E-state index in [1.54, 1.807) is 0 Å². The first kappa shape index (κ1) is 15.8. The van der Waals surface area contributed by atoms with Crippen LogP contribution in [0, 0.1) is 5.92 Å². The lowest BCUT2D eigenvalue weighted by molar-refractivity contribution is -0.139. The SMILES string of the molecule is CC(O)C1CCCN(C(=O)C(C)N2CCCCCC2)C1. The van der Waals surface area contributed by atoms with Crippen LogP contribution in [0.25, 0.3) is 0 Å². The van der Waals surface area contributed by atoms with Crippen molar-refractivity contribution in [2.75, 3.05) is 26.2 Å². The minimum atomic E-state index is -0.306. The van der Waals surface area contributed by atoms with Crippen LogP contribution in [0.4, 0.5) is 0 Å². The zero-order valence-electron chi connectivity index (χ0n) is 13.1. The molecule has 4 nitrogen and oxygen atoms in total. The summed E-state index contributed by atoms with van der Waals surface area (Å²) in [5.41, 5.74) is 0. The Morgan fingerprint density at radius 2 is 1.70 bits per heavy atom. The van der Waals surface area contributed by atoms with Gasteiger partial charge in [0.2, 0.25) is 5.91 Å². The average molecular weight is 282 g/mol. The van der Waals surface area contributed by atoms with E-state index in [4.69, 9.17) is 0 Å². The molecular formula is C16H30N2O2. The third kappa shape index (κ3) is 3.95. The minimum absolute atomic E-state index is 0.000786. The molecule has 2 rings (SSSR count). The summed E-state index contributed by atoms with van der Waals surface area (Å²) in [6.45, 7) is 7.60. The molecule has 2 fully saturated rings. The molecule has 2 aliphatic heterocycles. The molecular weight excluding hydrogens is 252 g/mol. The largest absolute Gasteiger partial charge is 0.393 e. The van der Waals surface area contributed by atoms with Gasteiger partial charge in [0.05, 0.1) is 12.1 Å². The summed E-state index contributed by atoms with van der Waals surface area (Å²) in [4.78, 5) is 17.0. The summed E-state index contributed by atoms with van der Waals surface area (Å²) in [6.07, 6.45) is 6.78. The van der Waals surface area contributed by atoms with E-state index in [1.807, 2.05) is 11.8 Å². The van der Waals surface area contributed by atoms with Gasteiger partial charge in [0.25, 0.3) is 0 Å². The second-order valence-electron chi connectivity index (χ2n) is 6.55. The molecule has 1 amide bonds. The van der Waals surface area contributed by atoms with Crippen LogP contribution in [0.1, 0.15) is 52.4 Å². The molecule has 0 aromatic carbocycles. The lowest BCUT2D eigenvalue weighted by atomic mass is 9.93. The Labute approximate surface area is 123 Å². The van der Waals surface area contributed by atoms with Crippen molar-refractivity contribution in [3.8, 4) is 0 Å². The molecule has 3 atom stereocenters. The van der Waals surface area contributed by atoms with E-state index < -0.39 is 0 Å². The number of carbonyl (C=O) groups excluding carboxylic acids is 1. The van der Waals surface area contributed by atoms with Crippen LogP contribution in [0.5, 0.6) is 0 Å². The summed E-state index contributed by atoms with van der Waals surface area (Å²) in [5.74, 6) is 0.515. The number of rotatable bonds is 3. The molecule has 4 heteroatoms. The summed E-state index contributed by atoms with van der Waals surface area (Å²) >= 11 is 0.